The van der Waals surface area contributed by atoms with Crippen molar-refractivity contribution in [3.8, 4) is 11.5 Å². The van der Waals surface area contributed by atoms with Gasteiger partial charge in [0.15, 0.2) is 11.5 Å². The van der Waals surface area contributed by atoms with Crippen LogP contribution in [0.3, 0.4) is 0 Å². The average Bonchev–Trinajstić information content (AvgIpc) is 2.85. The number of methoxy groups -OCH3 is 2. The minimum atomic E-state index is -3.95. The number of amides is 1. The van der Waals surface area contributed by atoms with Gasteiger partial charge in [-0.05, 0) is 53.9 Å². The maximum atomic E-state index is 13.3. The summed E-state index contributed by atoms with van der Waals surface area (Å²) in [5.41, 5.74) is 1.50. The van der Waals surface area contributed by atoms with Crippen molar-refractivity contribution < 1.29 is 27.1 Å². The van der Waals surface area contributed by atoms with Gasteiger partial charge < -0.3 is 14.8 Å². The number of halogens is 1. The standard InChI is InChI=1S/C25H27FN2O5S/c1-32-23-13-10-19(16-24(23)33-2)14-15-27-25(29)18-28(17-20-8-11-21(26)12-9-20)34(30,31)22-6-4-3-5-7-22/h3-13,16H,14-15,17-18H2,1-2H3,(H,27,29). The number of carbonyl (C=O) groups is 1. The summed E-state index contributed by atoms with van der Waals surface area (Å²) in [6, 6.07) is 18.9. The molecule has 0 aliphatic heterocycles. The summed E-state index contributed by atoms with van der Waals surface area (Å²) >= 11 is 0. The molecule has 7 nitrogen and oxygen atoms in total. The minimum absolute atomic E-state index is 0.0688. The van der Waals surface area contributed by atoms with Crippen molar-refractivity contribution in [2.75, 3.05) is 27.3 Å². The topological polar surface area (TPSA) is 84.9 Å². The number of benzene rings is 3. The van der Waals surface area contributed by atoms with Gasteiger partial charge in [-0.1, -0.05) is 36.4 Å². The number of ether oxygens (including phenoxy) is 2. The Bertz CT molecular complexity index is 1200. The monoisotopic (exact) mass is 486 g/mol. The second-order valence-corrected chi connectivity index (χ2v) is 9.44. The maximum Gasteiger partial charge on any atom is 0.243 e. The summed E-state index contributed by atoms with van der Waals surface area (Å²) in [4.78, 5) is 12.7. The molecule has 0 aliphatic carbocycles. The average molecular weight is 487 g/mol. The highest BCUT2D eigenvalue weighted by Gasteiger charge is 2.26. The molecule has 0 atom stereocenters. The Kier molecular flexibility index (Phi) is 8.61. The highest BCUT2D eigenvalue weighted by Crippen LogP contribution is 2.27. The minimum Gasteiger partial charge on any atom is -0.493 e. The van der Waals surface area contributed by atoms with Crippen molar-refractivity contribution in [2.24, 2.45) is 0 Å². The van der Waals surface area contributed by atoms with Gasteiger partial charge in [0, 0.05) is 13.1 Å². The summed E-state index contributed by atoms with van der Waals surface area (Å²) in [6.45, 7) is -0.134. The van der Waals surface area contributed by atoms with Crippen LogP contribution in [0.15, 0.2) is 77.7 Å². The van der Waals surface area contributed by atoms with Crippen LogP contribution >= 0.6 is 0 Å². The first-order chi connectivity index (χ1) is 16.3. The smallest absolute Gasteiger partial charge is 0.243 e. The molecule has 0 aromatic heterocycles. The van der Waals surface area contributed by atoms with E-state index in [9.17, 15) is 17.6 Å². The molecule has 0 radical (unpaired) electrons. The van der Waals surface area contributed by atoms with Gasteiger partial charge in [-0.25, -0.2) is 12.8 Å². The van der Waals surface area contributed by atoms with E-state index in [1.165, 1.54) is 36.4 Å². The number of nitrogens with one attached hydrogen (secondary N) is 1. The van der Waals surface area contributed by atoms with Gasteiger partial charge in [-0.3, -0.25) is 4.79 Å². The molecule has 180 valence electrons. The number of hydrogen-bond acceptors (Lipinski definition) is 5. The molecule has 0 heterocycles. The third-order valence-electron chi connectivity index (χ3n) is 5.16. The molecule has 3 aromatic rings. The van der Waals surface area contributed by atoms with E-state index in [1.807, 2.05) is 12.1 Å². The predicted octanol–water partition coefficient (Wildman–Crippen LogP) is 3.39. The van der Waals surface area contributed by atoms with Crippen LogP contribution in [0.25, 0.3) is 0 Å². The van der Waals surface area contributed by atoms with Crippen LogP contribution in [0.4, 0.5) is 4.39 Å². The molecule has 1 N–H and O–H groups in total. The van der Waals surface area contributed by atoms with Crippen LogP contribution < -0.4 is 14.8 Å². The van der Waals surface area contributed by atoms with Crippen molar-refractivity contribution in [2.45, 2.75) is 17.9 Å². The summed E-state index contributed by atoms with van der Waals surface area (Å²) in [7, 11) is -0.848. The van der Waals surface area contributed by atoms with Crippen molar-refractivity contribution in [1.29, 1.82) is 0 Å². The molecule has 34 heavy (non-hydrogen) atoms. The Morgan fingerprint density at radius 3 is 2.21 bits per heavy atom. The van der Waals surface area contributed by atoms with E-state index in [0.717, 1.165) is 9.87 Å². The molecule has 3 rings (SSSR count). The zero-order valence-corrected chi connectivity index (χ0v) is 19.8. The van der Waals surface area contributed by atoms with Gasteiger partial charge in [0.25, 0.3) is 0 Å². The number of nitrogens with zero attached hydrogens (tertiary/aromatic N) is 1. The summed E-state index contributed by atoms with van der Waals surface area (Å²) in [5, 5.41) is 2.77. The molecule has 0 bridgehead atoms. The molecular weight excluding hydrogens is 459 g/mol. The Morgan fingerprint density at radius 2 is 1.56 bits per heavy atom. The summed E-state index contributed by atoms with van der Waals surface area (Å²) < 4.78 is 51.3. The van der Waals surface area contributed by atoms with Crippen molar-refractivity contribution in [3.63, 3.8) is 0 Å². The lowest BCUT2D eigenvalue weighted by Crippen LogP contribution is -2.40. The van der Waals surface area contributed by atoms with Crippen LogP contribution in [0.1, 0.15) is 11.1 Å². The van der Waals surface area contributed by atoms with Crippen LogP contribution in [0.5, 0.6) is 11.5 Å². The summed E-state index contributed by atoms with van der Waals surface area (Å²) in [5.74, 6) is 0.333. The zero-order valence-electron chi connectivity index (χ0n) is 19.0. The third kappa shape index (κ3) is 6.55. The number of sulfonamides is 1. The first-order valence-corrected chi connectivity index (χ1v) is 12.0. The Labute approximate surface area is 199 Å². The highest BCUT2D eigenvalue weighted by molar-refractivity contribution is 7.89. The van der Waals surface area contributed by atoms with Gasteiger partial charge in [-0.2, -0.15) is 4.31 Å². The fourth-order valence-electron chi connectivity index (χ4n) is 3.36. The summed E-state index contributed by atoms with van der Waals surface area (Å²) in [6.07, 6.45) is 0.523. The number of carbonyl (C=O) groups excluding carboxylic acids is 1. The van der Waals surface area contributed by atoms with E-state index in [0.29, 0.717) is 30.0 Å². The molecule has 9 heteroatoms. The molecule has 0 aliphatic rings. The molecular formula is C25H27FN2O5S. The lowest BCUT2D eigenvalue weighted by molar-refractivity contribution is -0.121. The maximum absolute atomic E-state index is 13.3. The van der Waals surface area contributed by atoms with Gasteiger partial charge >= 0.3 is 0 Å². The van der Waals surface area contributed by atoms with Crippen molar-refractivity contribution in [3.05, 3.63) is 89.7 Å². The Balaban J connectivity index is 1.69. The highest BCUT2D eigenvalue weighted by atomic mass is 32.2. The number of hydrogen-bond donors (Lipinski definition) is 1. The predicted molar refractivity (Wildman–Crippen MR) is 127 cm³/mol. The van der Waals surface area contributed by atoms with E-state index >= 15 is 0 Å². The lowest BCUT2D eigenvalue weighted by atomic mass is 10.1. The van der Waals surface area contributed by atoms with Gasteiger partial charge in [0.1, 0.15) is 5.82 Å². The lowest BCUT2D eigenvalue weighted by Gasteiger charge is -2.22. The van der Waals surface area contributed by atoms with E-state index in [2.05, 4.69) is 5.32 Å². The quantitative estimate of drug-likeness (QED) is 0.449. The van der Waals surface area contributed by atoms with Crippen molar-refractivity contribution >= 4 is 15.9 Å². The van der Waals surface area contributed by atoms with E-state index in [-0.39, 0.29) is 18.0 Å². The molecule has 0 saturated carbocycles. The van der Waals surface area contributed by atoms with Gasteiger partial charge in [-0.15, -0.1) is 0 Å². The van der Waals surface area contributed by atoms with Crippen molar-refractivity contribution in [1.82, 2.24) is 9.62 Å². The van der Waals surface area contributed by atoms with Crippen LogP contribution in [0.2, 0.25) is 0 Å². The van der Waals surface area contributed by atoms with E-state index in [4.69, 9.17) is 9.47 Å². The van der Waals surface area contributed by atoms with E-state index < -0.39 is 21.7 Å². The molecule has 3 aromatic carbocycles. The molecule has 1 amide bonds. The van der Waals surface area contributed by atoms with Crippen LogP contribution in [-0.2, 0) is 27.8 Å². The van der Waals surface area contributed by atoms with E-state index in [1.54, 1.807) is 38.5 Å². The molecule has 0 unspecified atom stereocenters. The molecule has 0 saturated heterocycles. The number of rotatable bonds is 11. The fraction of sp³-hybridized carbons (Fsp3) is 0.240. The van der Waals surface area contributed by atoms with Crippen LogP contribution in [-0.4, -0.2) is 45.9 Å². The Hall–Kier alpha value is -3.43. The largest absolute Gasteiger partial charge is 0.493 e. The second-order valence-electron chi connectivity index (χ2n) is 7.50. The zero-order chi connectivity index (χ0) is 24.6. The van der Waals surface area contributed by atoms with Gasteiger partial charge in [0.05, 0.1) is 25.7 Å². The molecule has 0 spiro atoms. The normalized spacial score (nSPS) is 11.3. The molecule has 0 fully saturated rings. The SMILES string of the molecule is COc1ccc(CCNC(=O)CN(Cc2ccc(F)cc2)S(=O)(=O)c2ccccc2)cc1OC. The first-order valence-electron chi connectivity index (χ1n) is 10.6. The van der Waals surface area contributed by atoms with Crippen LogP contribution in [0, 0.1) is 5.82 Å². The second kappa shape index (κ2) is 11.6. The first kappa shape index (κ1) is 25.2. The third-order valence-corrected chi connectivity index (χ3v) is 6.96. The fourth-order valence-corrected chi connectivity index (χ4v) is 4.76. The van der Waals surface area contributed by atoms with Gasteiger partial charge in [0.2, 0.25) is 15.9 Å². The Morgan fingerprint density at radius 1 is 0.912 bits per heavy atom.